The van der Waals surface area contributed by atoms with Gasteiger partial charge < -0.3 is 15.2 Å². The van der Waals surface area contributed by atoms with E-state index in [0.29, 0.717) is 0 Å². The first-order chi connectivity index (χ1) is 7.17. The van der Waals surface area contributed by atoms with Crippen LogP contribution < -0.4 is 5.32 Å². The minimum absolute atomic E-state index is 0.0977. The maximum absolute atomic E-state index is 11.5. The maximum atomic E-state index is 11.5. The van der Waals surface area contributed by atoms with Crippen LogP contribution in [0.25, 0.3) is 0 Å². The van der Waals surface area contributed by atoms with Crippen molar-refractivity contribution in [1.29, 1.82) is 0 Å². The molecule has 16 heavy (non-hydrogen) atoms. The zero-order valence-corrected chi connectivity index (χ0v) is 10.8. The number of aliphatic hydroxyl groups is 1. The molecule has 0 aliphatic carbocycles. The molecular formula is C12H23NO3. The molecular weight excluding hydrogens is 206 g/mol. The molecule has 0 heterocycles. The van der Waals surface area contributed by atoms with E-state index < -0.39 is 17.8 Å². The van der Waals surface area contributed by atoms with Gasteiger partial charge in [-0.25, -0.2) is 4.79 Å². The Morgan fingerprint density at radius 1 is 1.44 bits per heavy atom. The molecule has 0 aromatic rings. The van der Waals surface area contributed by atoms with E-state index in [1.54, 1.807) is 20.8 Å². The second-order valence-electron chi connectivity index (χ2n) is 5.14. The first-order valence-corrected chi connectivity index (χ1v) is 5.47. The smallest absolute Gasteiger partial charge is 0.407 e. The third kappa shape index (κ3) is 5.75. The van der Waals surface area contributed by atoms with Crippen molar-refractivity contribution in [2.45, 2.75) is 52.4 Å². The van der Waals surface area contributed by atoms with E-state index in [4.69, 9.17) is 4.74 Å². The molecule has 4 heteroatoms. The number of hydrogen-bond donors (Lipinski definition) is 2. The third-order valence-electron chi connectivity index (χ3n) is 2.01. The van der Waals surface area contributed by atoms with Crippen LogP contribution in [0.4, 0.5) is 4.79 Å². The fourth-order valence-corrected chi connectivity index (χ4v) is 1.24. The summed E-state index contributed by atoms with van der Waals surface area (Å²) in [5, 5.41) is 12.3. The Morgan fingerprint density at radius 2 is 1.94 bits per heavy atom. The highest BCUT2D eigenvalue weighted by Crippen LogP contribution is 2.11. The number of nitrogens with one attached hydrogen (secondary N) is 1. The number of aliphatic hydroxyl groups excluding tert-OH is 1. The van der Waals surface area contributed by atoms with E-state index in [1.165, 1.54) is 6.08 Å². The van der Waals surface area contributed by atoms with Gasteiger partial charge in [-0.3, -0.25) is 0 Å². The summed E-state index contributed by atoms with van der Waals surface area (Å²) in [6.07, 6.45) is 0.113. The number of carbonyl (C=O) groups excluding carboxylic acids is 1. The molecule has 0 spiro atoms. The van der Waals surface area contributed by atoms with Crippen LogP contribution in [0.1, 0.15) is 34.6 Å². The Morgan fingerprint density at radius 3 is 2.25 bits per heavy atom. The van der Waals surface area contributed by atoms with E-state index >= 15 is 0 Å². The summed E-state index contributed by atoms with van der Waals surface area (Å²) in [4.78, 5) is 11.5. The van der Waals surface area contributed by atoms with Gasteiger partial charge in [0.2, 0.25) is 0 Å². The summed E-state index contributed by atoms with van der Waals surface area (Å²) in [6, 6.07) is -0.382. The monoisotopic (exact) mass is 229 g/mol. The molecule has 0 aromatic heterocycles. The predicted molar refractivity (Wildman–Crippen MR) is 64.2 cm³/mol. The standard InChI is InChI=1S/C12H23NO3/c1-7-9(14)10(8(2)3)13-11(15)16-12(4,5)6/h7-10,14H,1H2,2-6H3,(H,13,15)/t9-,10-/m1/s1. The molecule has 0 aliphatic heterocycles. The van der Waals surface area contributed by atoms with Gasteiger partial charge in [0, 0.05) is 0 Å². The maximum Gasteiger partial charge on any atom is 0.407 e. The van der Waals surface area contributed by atoms with E-state index in [2.05, 4.69) is 11.9 Å². The number of alkyl carbamates (subject to hydrolysis) is 1. The number of hydrogen-bond acceptors (Lipinski definition) is 3. The molecule has 0 rings (SSSR count). The van der Waals surface area contributed by atoms with Crippen LogP contribution in [-0.2, 0) is 4.74 Å². The SMILES string of the molecule is C=C[C@@H](O)[C@H](NC(=O)OC(C)(C)C)C(C)C. The Bertz CT molecular complexity index is 243. The van der Waals surface area contributed by atoms with E-state index in [1.807, 2.05) is 13.8 Å². The van der Waals surface area contributed by atoms with Gasteiger partial charge in [-0.1, -0.05) is 19.9 Å². The highest BCUT2D eigenvalue weighted by atomic mass is 16.6. The van der Waals surface area contributed by atoms with Gasteiger partial charge in [0.1, 0.15) is 5.60 Å². The van der Waals surface area contributed by atoms with Gasteiger partial charge in [-0.2, -0.15) is 0 Å². The molecule has 0 unspecified atom stereocenters. The molecule has 0 radical (unpaired) electrons. The third-order valence-corrected chi connectivity index (χ3v) is 2.01. The lowest BCUT2D eigenvalue weighted by molar-refractivity contribution is 0.0423. The lowest BCUT2D eigenvalue weighted by Gasteiger charge is -2.27. The first-order valence-electron chi connectivity index (χ1n) is 5.47. The van der Waals surface area contributed by atoms with Crippen molar-refractivity contribution in [2.24, 2.45) is 5.92 Å². The van der Waals surface area contributed by atoms with E-state index in [-0.39, 0.29) is 12.0 Å². The first kappa shape index (κ1) is 15.0. The molecule has 0 saturated carbocycles. The van der Waals surface area contributed by atoms with Gasteiger partial charge in [0.15, 0.2) is 0 Å². The number of carbonyl (C=O) groups is 1. The van der Waals surface area contributed by atoms with Crippen LogP contribution in [0.3, 0.4) is 0 Å². The van der Waals surface area contributed by atoms with Gasteiger partial charge in [-0.05, 0) is 26.7 Å². The summed E-state index contributed by atoms with van der Waals surface area (Å²) in [5.74, 6) is 0.0977. The molecule has 4 nitrogen and oxygen atoms in total. The fraction of sp³-hybridized carbons (Fsp3) is 0.750. The average molecular weight is 229 g/mol. The van der Waals surface area contributed by atoms with E-state index in [9.17, 15) is 9.90 Å². The summed E-state index contributed by atoms with van der Waals surface area (Å²) < 4.78 is 5.12. The van der Waals surface area contributed by atoms with Gasteiger partial charge in [0.25, 0.3) is 0 Å². The van der Waals surface area contributed by atoms with Crippen LogP contribution in [0, 0.1) is 5.92 Å². The number of ether oxygens (including phenoxy) is 1. The fourth-order valence-electron chi connectivity index (χ4n) is 1.24. The van der Waals surface area contributed by atoms with Crippen molar-refractivity contribution in [3.63, 3.8) is 0 Å². The topological polar surface area (TPSA) is 58.6 Å². The second kappa shape index (κ2) is 5.89. The zero-order valence-electron chi connectivity index (χ0n) is 10.8. The largest absolute Gasteiger partial charge is 0.444 e. The van der Waals surface area contributed by atoms with Crippen LogP contribution >= 0.6 is 0 Å². The van der Waals surface area contributed by atoms with Crippen molar-refractivity contribution >= 4 is 6.09 Å². The molecule has 2 N–H and O–H groups in total. The Labute approximate surface area is 97.7 Å². The minimum atomic E-state index is -0.771. The predicted octanol–water partition coefficient (Wildman–Crippen LogP) is 2.08. The van der Waals surface area contributed by atoms with Crippen LogP contribution in [-0.4, -0.2) is 28.9 Å². The van der Waals surface area contributed by atoms with Crippen molar-refractivity contribution in [2.75, 3.05) is 0 Å². The lowest BCUT2D eigenvalue weighted by Crippen LogP contribution is -2.47. The molecule has 0 fully saturated rings. The Kier molecular flexibility index (Phi) is 5.51. The summed E-state index contributed by atoms with van der Waals surface area (Å²) in [6.45, 7) is 12.7. The molecule has 0 aliphatic rings. The highest BCUT2D eigenvalue weighted by Gasteiger charge is 2.25. The molecule has 2 atom stereocenters. The van der Waals surface area contributed by atoms with Gasteiger partial charge in [-0.15, -0.1) is 6.58 Å². The van der Waals surface area contributed by atoms with Crippen molar-refractivity contribution in [3.8, 4) is 0 Å². The molecule has 1 amide bonds. The summed E-state index contributed by atoms with van der Waals surface area (Å²) in [5.41, 5.74) is -0.537. The molecule has 0 aromatic carbocycles. The van der Waals surface area contributed by atoms with Crippen LogP contribution in [0.5, 0.6) is 0 Å². The Hall–Kier alpha value is -1.03. The summed E-state index contributed by atoms with van der Waals surface area (Å²) >= 11 is 0. The van der Waals surface area contributed by atoms with Gasteiger partial charge >= 0.3 is 6.09 Å². The number of amides is 1. The van der Waals surface area contributed by atoms with Crippen molar-refractivity contribution < 1.29 is 14.6 Å². The summed E-state index contributed by atoms with van der Waals surface area (Å²) in [7, 11) is 0. The molecule has 94 valence electrons. The lowest BCUT2D eigenvalue weighted by atomic mass is 9.99. The van der Waals surface area contributed by atoms with Crippen LogP contribution in [0.15, 0.2) is 12.7 Å². The molecule has 0 saturated heterocycles. The van der Waals surface area contributed by atoms with Crippen molar-refractivity contribution in [3.05, 3.63) is 12.7 Å². The second-order valence-corrected chi connectivity index (χ2v) is 5.14. The van der Waals surface area contributed by atoms with E-state index in [0.717, 1.165) is 0 Å². The Balaban J connectivity index is 4.41. The quantitative estimate of drug-likeness (QED) is 0.726. The minimum Gasteiger partial charge on any atom is -0.444 e. The van der Waals surface area contributed by atoms with Crippen LogP contribution in [0.2, 0.25) is 0 Å². The van der Waals surface area contributed by atoms with Gasteiger partial charge in [0.05, 0.1) is 12.1 Å². The molecule has 0 bridgehead atoms. The zero-order chi connectivity index (χ0) is 12.9. The highest BCUT2D eigenvalue weighted by molar-refractivity contribution is 5.68. The average Bonchev–Trinajstić information content (AvgIpc) is 2.09. The number of rotatable bonds is 4. The van der Waals surface area contributed by atoms with Crippen molar-refractivity contribution in [1.82, 2.24) is 5.32 Å². The normalized spacial score (nSPS) is 15.4.